The average molecular weight is 185 g/mol. The Morgan fingerprint density at radius 1 is 1.07 bits per heavy atom. The fraction of sp³-hybridized carbons (Fsp3) is 0. The monoisotopic (exact) mass is 185 g/mol. The van der Waals surface area contributed by atoms with Gasteiger partial charge in [-0.25, -0.2) is 0 Å². The molecule has 1 N–H and O–H groups in total. The van der Waals surface area contributed by atoms with Crippen LogP contribution in [0.25, 0.3) is 0 Å². The molecule has 0 amide bonds. The number of nitrogens with one attached hydrogen (secondary N) is 1. The number of aromatic nitrogens is 2. The number of anilines is 2. The van der Waals surface area contributed by atoms with Crippen LogP contribution in [0, 0.1) is 0 Å². The molecule has 0 unspecified atom stereocenters. The molecule has 0 radical (unpaired) electrons. The van der Waals surface area contributed by atoms with Crippen molar-refractivity contribution in [2.45, 2.75) is 0 Å². The van der Waals surface area contributed by atoms with Gasteiger partial charge in [0, 0.05) is 6.07 Å². The van der Waals surface area contributed by atoms with Gasteiger partial charge in [-0.15, -0.1) is 5.10 Å². The zero-order valence-corrected chi connectivity index (χ0v) is 7.27. The van der Waals surface area contributed by atoms with Crippen molar-refractivity contribution in [1.29, 1.82) is 0 Å². The van der Waals surface area contributed by atoms with Crippen molar-refractivity contribution >= 4 is 11.5 Å². The molecular formula is C10H7N3O. The highest BCUT2D eigenvalue weighted by Gasteiger charge is 2.16. The van der Waals surface area contributed by atoms with Crippen LogP contribution in [-0.4, -0.2) is 10.2 Å². The SMILES string of the molecule is c1ccc2c(c1)Nc1nnccc1O2. The first-order valence-electron chi connectivity index (χ1n) is 4.29. The summed E-state index contributed by atoms with van der Waals surface area (Å²) in [5.74, 6) is 2.18. The van der Waals surface area contributed by atoms with Crippen LogP contribution in [0.2, 0.25) is 0 Å². The lowest BCUT2D eigenvalue weighted by molar-refractivity contribution is 0.477. The number of benzene rings is 1. The smallest absolute Gasteiger partial charge is 0.196 e. The van der Waals surface area contributed by atoms with E-state index in [1.807, 2.05) is 24.3 Å². The normalized spacial score (nSPS) is 12.0. The minimum atomic E-state index is 0.659. The summed E-state index contributed by atoms with van der Waals surface area (Å²) in [5, 5.41) is 10.9. The number of fused-ring (bicyclic) bond motifs is 2. The van der Waals surface area contributed by atoms with Gasteiger partial charge in [-0.2, -0.15) is 5.10 Å². The summed E-state index contributed by atoms with van der Waals surface area (Å²) in [6, 6.07) is 9.50. The summed E-state index contributed by atoms with van der Waals surface area (Å²) in [4.78, 5) is 0. The van der Waals surface area contributed by atoms with E-state index in [9.17, 15) is 0 Å². The first kappa shape index (κ1) is 7.32. The number of nitrogens with zero attached hydrogens (tertiary/aromatic N) is 2. The van der Waals surface area contributed by atoms with E-state index in [4.69, 9.17) is 4.74 Å². The van der Waals surface area contributed by atoms with Gasteiger partial charge in [0.15, 0.2) is 17.3 Å². The van der Waals surface area contributed by atoms with Crippen LogP contribution in [0.5, 0.6) is 11.5 Å². The summed E-state index contributed by atoms with van der Waals surface area (Å²) in [6.07, 6.45) is 1.61. The minimum Gasteiger partial charge on any atom is -0.451 e. The number of hydrogen-bond donors (Lipinski definition) is 1. The molecule has 0 aliphatic carbocycles. The molecule has 1 aromatic heterocycles. The van der Waals surface area contributed by atoms with Crippen LogP contribution < -0.4 is 10.1 Å². The molecule has 3 rings (SSSR count). The molecule has 0 saturated heterocycles. The number of ether oxygens (including phenoxy) is 1. The summed E-state index contributed by atoms with van der Waals surface area (Å²) in [5.41, 5.74) is 0.917. The molecule has 4 heteroatoms. The van der Waals surface area contributed by atoms with E-state index < -0.39 is 0 Å². The van der Waals surface area contributed by atoms with E-state index in [1.165, 1.54) is 0 Å². The van der Waals surface area contributed by atoms with Crippen LogP contribution in [0.1, 0.15) is 0 Å². The number of hydrogen-bond acceptors (Lipinski definition) is 4. The molecular weight excluding hydrogens is 178 g/mol. The van der Waals surface area contributed by atoms with E-state index >= 15 is 0 Å². The fourth-order valence-electron chi connectivity index (χ4n) is 1.39. The van der Waals surface area contributed by atoms with Gasteiger partial charge < -0.3 is 10.1 Å². The van der Waals surface area contributed by atoms with Gasteiger partial charge in [0.25, 0.3) is 0 Å². The van der Waals surface area contributed by atoms with Crippen molar-refractivity contribution in [3.63, 3.8) is 0 Å². The lowest BCUT2D eigenvalue weighted by Gasteiger charge is -2.19. The van der Waals surface area contributed by atoms with Crippen LogP contribution in [0.4, 0.5) is 11.5 Å². The zero-order chi connectivity index (χ0) is 9.38. The second kappa shape index (κ2) is 2.70. The highest BCUT2D eigenvalue weighted by molar-refractivity contribution is 5.71. The van der Waals surface area contributed by atoms with Gasteiger partial charge in [0.2, 0.25) is 0 Å². The van der Waals surface area contributed by atoms with Gasteiger partial charge in [-0.1, -0.05) is 12.1 Å². The molecule has 0 saturated carbocycles. The van der Waals surface area contributed by atoms with Gasteiger partial charge in [0.05, 0.1) is 11.9 Å². The molecule has 2 aromatic rings. The van der Waals surface area contributed by atoms with E-state index in [0.717, 1.165) is 11.4 Å². The molecule has 0 spiro atoms. The maximum Gasteiger partial charge on any atom is 0.196 e. The van der Waals surface area contributed by atoms with Crippen molar-refractivity contribution in [3.8, 4) is 11.5 Å². The molecule has 1 aromatic carbocycles. The van der Waals surface area contributed by atoms with Crippen LogP contribution in [0.3, 0.4) is 0 Å². The second-order valence-corrected chi connectivity index (χ2v) is 2.97. The molecule has 1 aliphatic heterocycles. The predicted molar refractivity (Wildman–Crippen MR) is 51.8 cm³/mol. The Morgan fingerprint density at radius 3 is 3.00 bits per heavy atom. The molecule has 14 heavy (non-hydrogen) atoms. The first-order valence-corrected chi connectivity index (χ1v) is 4.29. The topological polar surface area (TPSA) is 47.0 Å². The largest absolute Gasteiger partial charge is 0.451 e. The van der Waals surface area contributed by atoms with Crippen molar-refractivity contribution in [1.82, 2.24) is 10.2 Å². The highest BCUT2D eigenvalue weighted by Crippen LogP contribution is 2.39. The summed E-state index contributed by atoms with van der Waals surface area (Å²) < 4.78 is 5.61. The zero-order valence-electron chi connectivity index (χ0n) is 7.27. The van der Waals surface area contributed by atoms with Crippen molar-refractivity contribution < 1.29 is 4.74 Å². The Bertz CT molecular complexity index is 397. The first-order chi connectivity index (χ1) is 6.93. The maximum absolute atomic E-state index is 5.61. The lowest BCUT2D eigenvalue weighted by atomic mass is 10.2. The van der Waals surface area contributed by atoms with Crippen LogP contribution in [-0.2, 0) is 0 Å². The Hall–Kier alpha value is -2.10. The van der Waals surface area contributed by atoms with Crippen molar-refractivity contribution in [3.05, 3.63) is 36.5 Å². The molecule has 68 valence electrons. The third-order valence-corrected chi connectivity index (χ3v) is 2.04. The van der Waals surface area contributed by atoms with Crippen LogP contribution in [0.15, 0.2) is 36.5 Å². The average Bonchev–Trinajstić information content (AvgIpc) is 2.26. The lowest BCUT2D eigenvalue weighted by Crippen LogP contribution is -2.04. The molecule has 0 fully saturated rings. The van der Waals surface area contributed by atoms with E-state index in [-0.39, 0.29) is 0 Å². The molecule has 4 nitrogen and oxygen atoms in total. The van der Waals surface area contributed by atoms with Gasteiger partial charge >= 0.3 is 0 Å². The van der Waals surface area contributed by atoms with Gasteiger partial charge in [-0.05, 0) is 12.1 Å². The van der Waals surface area contributed by atoms with E-state index in [0.29, 0.717) is 11.6 Å². The fourth-order valence-corrected chi connectivity index (χ4v) is 1.39. The molecule has 2 heterocycles. The number of para-hydroxylation sites is 2. The van der Waals surface area contributed by atoms with Gasteiger partial charge in [0.1, 0.15) is 0 Å². The Morgan fingerprint density at radius 2 is 2.00 bits per heavy atom. The predicted octanol–water partition coefficient (Wildman–Crippen LogP) is 2.33. The second-order valence-electron chi connectivity index (χ2n) is 2.97. The third-order valence-electron chi connectivity index (χ3n) is 2.04. The summed E-state index contributed by atoms with van der Waals surface area (Å²) in [6.45, 7) is 0. The maximum atomic E-state index is 5.61. The third kappa shape index (κ3) is 1.01. The number of rotatable bonds is 0. The molecule has 0 atom stereocenters. The molecule has 0 bridgehead atoms. The quantitative estimate of drug-likeness (QED) is 0.583. The van der Waals surface area contributed by atoms with Crippen LogP contribution >= 0.6 is 0 Å². The Balaban J connectivity index is 2.12. The summed E-state index contributed by atoms with van der Waals surface area (Å²) >= 11 is 0. The summed E-state index contributed by atoms with van der Waals surface area (Å²) in [7, 11) is 0. The van der Waals surface area contributed by atoms with Crippen molar-refractivity contribution in [2.24, 2.45) is 0 Å². The Kier molecular flexibility index (Phi) is 1.41. The Labute approximate surface area is 80.6 Å². The van der Waals surface area contributed by atoms with E-state index in [2.05, 4.69) is 15.5 Å². The van der Waals surface area contributed by atoms with Crippen molar-refractivity contribution in [2.75, 3.05) is 5.32 Å². The van der Waals surface area contributed by atoms with Gasteiger partial charge in [-0.3, -0.25) is 0 Å². The minimum absolute atomic E-state index is 0.659. The van der Waals surface area contributed by atoms with E-state index in [1.54, 1.807) is 12.3 Å². The molecule has 1 aliphatic rings. The standard InChI is InChI=1S/C10H7N3O/c1-2-4-8-7(3-1)12-10-9(14-8)5-6-11-13-10/h1-6H,(H,12,13). The highest BCUT2D eigenvalue weighted by atomic mass is 16.5.